The number of ketones is 1. The standard InChI is InChI=1S/C22H24N2O4/c25-19(22-8-14-5-15(9-22)7-16(6-14)10-22)12-28-20(26)11-24-13-23-18-4-2-1-3-17(18)21(24)27/h1-4,13-16H,5-12H2. The van der Waals surface area contributed by atoms with E-state index in [2.05, 4.69) is 4.98 Å². The van der Waals surface area contributed by atoms with Crippen molar-refractivity contribution in [3.8, 4) is 0 Å². The van der Waals surface area contributed by atoms with Gasteiger partial charge in [-0.15, -0.1) is 0 Å². The molecule has 0 unspecified atom stereocenters. The topological polar surface area (TPSA) is 78.3 Å². The van der Waals surface area contributed by atoms with Crippen molar-refractivity contribution in [1.82, 2.24) is 9.55 Å². The summed E-state index contributed by atoms with van der Waals surface area (Å²) >= 11 is 0. The van der Waals surface area contributed by atoms with Gasteiger partial charge in [-0.3, -0.25) is 19.0 Å². The quantitative estimate of drug-likeness (QED) is 0.746. The van der Waals surface area contributed by atoms with Gasteiger partial charge in [0.1, 0.15) is 6.54 Å². The summed E-state index contributed by atoms with van der Waals surface area (Å²) in [4.78, 5) is 41.9. The SMILES string of the molecule is O=C(Cn1cnc2ccccc2c1=O)OCC(=O)C12CC3CC(CC(C3)C1)C2. The summed E-state index contributed by atoms with van der Waals surface area (Å²) in [6.45, 7) is -0.411. The molecule has 6 rings (SSSR count). The molecule has 0 spiro atoms. The predicted molar refractivity (Wildman–Crippen MR) is 103 cm³/mol. The third-order valence-electron chi connectivity index (χ3n) is 7.02. The molecule has 4 aliphatic rings. The maximum atomic E-state index is 12.9. The summed E-state index contributed by atoms with van der Waals surface area (Å²) in [5, 5.41) is 0.461. The molecule has 1 aromatic heterocycles. The highest BCUT2D eigenvalue weighted by Gasteiger charge is 2.54. The van der Waals surface area contributed by atoms with Crippen molar-refractivity contribution in [2.75, 3.05) is 6.61 Å². The number of esters is 1. The number of nitrogens with zero attached hydrogens (tertiary/aromatic N) is 2. The maximum absolute atomic E-state index is 12.9. The van der Waals surface area contributed by atoms with E-state index in [9.17, 15) is 14.4 Å². The number of hydrogen-bond acceptors (Lipinski definition) is 5. The molecule has 2 aromatic rings. The minimum atomic E-state index is -0.572. The largest absolute Gasteiger partial charge is 0.456 e. The van der Waals surface area contributed by atoms with Crippen molar-refractivity contribution in [2.45, 2.75) is 45.1 Å². The van der Waals surface area contributed by atoms with Crippen LogP contribution >= 0.6 is 0 Å². The molecule has 6 nitrogen and oxygen atoms in total. The lowest BCUT2D eigenvalue weighted by atomic mass is 9.48. The summed E-state index contributed by atoms with van der Waals surface area (Å²) in [5.74, 6) is 1.52. The van der Waals surface area contributed by atoms with Crippen molar-refractivity contribution >= 4 is 22.7 Å². The van der Waals surface area contributed by atoms with E-state index >= 15 is 0 Å². The number of ether oxygens (including phenoxy) is 1. The fraction of sp³-hybridized carbons (Fsp3) is 0.545. The molecule has 6 heteroatoms. The average Bonchev–Trinajstić information content (AvgIpc) is 2.67. The van der Waals surface area contributed by atoms with Crippen LogP contribution in [-0.4, -0.2) is 27.9 Å². The van der Waals surface area contributed by atoms with E-state index < -0.39 is 5.97 Å². The number of Topliss-reactive ketones (excluding diaryl/α,β-unsaturated/α-hetero) is 1. The number of fused-ring (bicyclic) bond motifs is 1. The van der Waals surface area contributed by atoms with Gasteiger partial charge < -0.3 is 4.74 Å². The van der Waals surface area contributed by atoms with Crippen molar-refractivity contribution in [1.29, 1.82) is 0 Å². The second kappa shape index (κ2) is 6.54. The van der Waals surface area contributed by atoms with E-state index in [1.807, 2.05) is 6.07 Å². The number of carbonyl (C=O) groups is 2. The Morgan fingerprint density at radius 1 is 1.07 bits per heavy atom. The van der Waals surface area contributed by atoms with Crippen molar-refractivity contribution in [3.63, 3.8) is 0 Å². The van der Waals surface area contributed by atoms with Gasteiger partial charge in [0.2, 0.25) is 0 Å². The minimum Gasteiger partial charge on any atom is -0.456 e. The molecule has 146 valence electrons. The molecular weight excluding hydrogens is 356 g/mol. The van der Waals surface area contributed by atoms with Crippen LogP contribution in [0.3, 0.4) is 0 Å². The zero-order valence-corrected chi connectivity index (χ0v) is 15.8. The molecule has 0 aliphatic heterocycles. The molecule has 1 aromatic carbocycles. The number of para-hydroxylation sites is 1. The Kier molecular flexibility index (Phi) is 4.11. The molecule has 1 heterocycles. The van der Waals surface area contributed by atoms with E-state index in [0.29, 0.717) is 28.7 Å². The molecule has 4 fully saturated rings. The number of carbonyl (C=O) groups excluding carboxylic acids is 2. The second-order valence-electron chi connectivity index (χ2n) is 8.98. The molecule has 0 atom stereocenters. The first-order chi connectivity index (χ1) is 13.5. The third kappa shape index (κ3) is 2.95. The summed E-state index contributed by atoms with van der Waals surface area (Å²) in [6, 6.07) is 7.01. The van der Waals surface area contributed by atoms with Gasteiger partial charge in [-0.25, -0.2) is 4.98 Å². The van der Waals surface area contributed by atoms with E-state index in [1.54, 1.807) is 18.2 Å². The van der Waals surface area contributed by atoms with Crippen LogP contribution in [0.25, 0.3) is 10.9 Å². The molecule has 4 saturated carbocycles. The number of benzene rings is 1. The smallest absolute Gasteiger partial charge is 0.326 e. The first-order valence-electron chi connectivity index (χ1n) is 10.2. The van der Waals surface area contributed by atoms with Crippen LogP contribution in [0.2, 0.25) is 0 Å². The van der Waals surface area contributed by atoms with Crippen LogP contribution in [-0.2, 0) is 20.9 Å². The highest BCUT2D eigenvalue weighted by atomic mass is 16.5. The molecular formula is C22H24N2O4. The number of rotatable bonds is 5. The lowest BCUT2D eigenvalue weighted by Crippen LogP contribution is -2.51. The molecule has 4 bridgehead atoms. The molecule has 0 saturated heterocycles. The van der Waals surface area contributed by atoms with Gasteiger partial charge in [-0.1, -0.05) is 12.1 Å². The highest BCUT2D eigenvalue weighted by Crippen LogP contribution is 2.60. The Morgan fingerprint density at radius 2 is 1.71 bits per heavy atom. The summed E-state index contributed by atoms with van der Waals surface area (Å²) < 4.78 is 6.52. The van der Waals surface area contributed by atoms with Crippen LogP contribution < -0.4 is 5.56 Å². The average molecular weight is 380 g/mol. The van der Waals surface area contributed by atoms with Gasteiger partial charge in [0.25, 0.3) is 5.56 Å². The molecule has 0 N–H and O–H groups in total. The van der Waals surface area contributed by atoms with E-state index in [0.717, 1.165) is 19.3 Å². The number of hydrogen-bond donors (Lipinski definition) is 0. The Morgan fingerprint density at radius 3 is 2.39 bits per heavy atom. The molecule has 28 heavy (non-hydrogen) atoms. The highest BCUT2D eigenvalue weighted by molar-refractivity contribution is 5.88. The van der Waals surface area contributed by atoms with Gasteiger partial charge >= 0.3 is 5.97 Å². The van der Waals surface area contributed by atoms with Gasteiger partial charge in [-0.05, 0) is 68.4 Å². The van der Waals surface area contributed by atoms with Crippen molar-refractivity contribution < 1.29 is 14.3 Å². The van der Waals surface area contributed by atoms with Crippen molar-refractivity contribution in [2.24, 2.45) is 23.2 Å². The van der Waals surface area contributed by atoms with E-state index in [-0.39, 0.29) is 29.9 Å². The van der Waals surface area contributed by atoms with Gasteiger partial charge in [-0.2, -0.15) is 0 Å². The van der Waals surface area contributed by atoms with Gasteiger partial charge in [0, 0.05) is 5.41 Å². The lowest BCUT2D eigenvalue weighted by Gasteiger charge is -2.55. The predicted octanol–water partition coefficient (Wildman–Crippen LogP) is 2.73. The Balaban J connectivity index is 1.24. The Labute approximate surface area is 162 Å². The molecule has 0 amide bonds. The van der Waals surface area contributed by atoms with Gasteiger partial charge in [0.15, 0.2) is 12.4 Å². The minimum absolute atomic E-state index is 0.0731. The molecule has 4 aliphatic carbocycles. The normalized spacial score (nSPS) is 30.5. The molecule has 0 radical (unpaired) electrons. The third-order valence-corrected chi connectivity index (χ3v) is 7.02. The fourth-order valence-corrected chi connectivity index (χ4v) is 6.15. The second-order valence-corrected chi connectivity index (χ2v) is 8.98. The van der Waals surface area contributed by atoms with Crippen molar-refractivity contribution in [3.05, 3.63) is 40.9 Å². The first kappa shape index (κ1) is 17.6. The summed E-state index contributed by atoms with van der Waals surface area (Å²) in [5.41, 5.74) is 0.0418. The van der Waals surface area contributed by atoms with E-state index in [1.165, 1.54) is 30.2 Å². The first-order valence-corrected chi connectivity index (χ1v) is 10.2. The van der Waals surface area contributed by atoms with Crippen LogP contribution in [0.15, 0.2) is 35.4 Å². The van der Waals surface area contributed by atoms with Crippen LogP contribution in [0, 0.1) is 23.2 Å². The van der Waals surface area contributed by atoms with Crippen LogP contribution in [0.5, 0.6) is 0 Å². The van der Waals surface area contributed by atoms with Gasteiger partial charge in [0.05, 0.1) is 17.2 Å². The zero-order chi connectivity index (χ0) is 19.3. The zero-order valence-electron chi connectivity index (χ0n) is 15.8. The Hall–Kier alpha value is -2.50. The summed E-state index contributed by atoms with van der Waals surface area (Å²) in [6.07, 6.45) is 8.04. The summed E-state index contributed by atoms with van der Waals surface area (Å²) in [7, 11) is 0. The Bertz CT molecular complexity index is 974. The number of aromatic nitrogens is 2. The maximum Gasteiger partial charge on any atom is 0.326 e. The fourth-order valence-electron chi connectivity index (χ4n) is 6.15. The van der Waals surface area contributed by atoms with Crippen LogP contribution in [0.4, 0.5) is 0 Å². The monoisotopic (exact) mass is 380 g/mol. The van der Waals surface area contributed by atoms with Crippen LogP contribution in [0.1, 0.15) is 38.5 Å². The lowest BCUT2D eigenvalue weighted by molar-refractivity contribution is -0.158. The van der Waals surface area contributed by atoms with E-state index in [4.69, 9.17) is 4.74 Å².